The van der Waals surface area contributed by atoms with Gasteiger partial charge in [-0.15, -0.1) is 0 Å². The zero-order chi connectivity index (χ0) is 23.9. The normalized spacial score (nSPS) is 10.8. The van der Waals surface area contributed by atoms with Gasteiger partial charge in [-0.3, -0.25) is 9.36 Å². The third-order valence-corrected chi connectivity index (χ3v) is 5.57. The van der Waals surface area contributed by atoms with E-state index in [4.69, 9.17) is 4.74 Å². The summed E-state index contributed by atoms with van der Waals surface area (Å²) in [5.74, 6) is 0.664. The topological polar surface area (TPSA) is 85.2 Å². The summed E-state index contributed by atoms with van der Waals surface area (Å²) >= 11 is 0. The van der Waals surface area contributed by atoms with E-state index in [9.17, 15) is 9.59 Å². The Morgan fingerprint density at radius 1 is 1.06 bits per heavy atom. The summed E-state index contributed by atoms with van der Waals surface area (Å²) in [7, 11) is 1.65. The van der Waals surface area contributed by atoms with Crippen molar-refractivity contribution in [3.63, 3.8) is 0 Å². The van der Waals surface area contributed by atoms with Crippen LogP contribution >= 0.6 is 0 Å². The van der Waals surface area contributed by atoms with Gasteiger partial charge in [-0.05, 0) is 41.8 Å². The first-order chi connectivity index (χ1) is 16.6. The monoisotopic (exact) mass is 456 g/mol. The molecule has 2 N–H and O–H groups in total. The summed E-state index contributed by atoms with van der Waals surface area (Å²) < 4.78 is 7.46. The van der Waals surface area contributed by atoms with Crippen LogP contribution in [0.3, 0.4) is 0 Å². The number of urea groups is 1. The average Bonchev–Trinajstić information content (AvgIpc) is 2.87. The lowest BCUT2D eigenvalue weighted by Crippen LogP contribution is -2.33. The molecule has 4 rings (SSSR count). The molecule has 0 fully saturated rings. The highest BCUT2D eigenvalue weighted by atomic mass is 16.5. The fourth-order valence-electron chi connectivity index (χ4n) is 3.80. The Balaban J connectivity index is 1.75. The van der Waals surface area contributed by atoms with E-state index >= 15 is 0 Å². The van der Waals surface area contributed by atoms with Crippen molar-refractivity contribution in [3.05, 3.63) is 88.8 Å². The number of aromatic nitrogens is 2. The number of benzene rings is 2. The standard InChI is InChI=1S/C27H28N4O3/c1-3-4-15-29-27(33)30-24-23(22-14-9-16-28-25(22)31(2)26(24)32)20-12-8-13-21(17-20)34-18-19-10-6-5-7-11-19/h5-14,16-17H,3-4,15,18H2,1-2H3,(H2,29,30,33). The molecule has 0 spiro atoms. The highest BCUT2D eigenvalue weighted by Crippen LogP contribution is 2.34. The van der Waals surface area contributed by atoms with E-state index in [2.05, 4.69) is 22.5 Å². The van der Waals surface area contributed by atoms with Gasteiger partial charge in [-0.1, -0.05) is 55.8 Å². The number of anilines is 1. The number of nitrogens with zero attached hydrogens (tertiary/aromatic N) is 2. The molecule has 0 unspecified atom stereocenters. The molecule has 0 radical (unpaired) electrons. The molecule has 2 amide bonds. The zero-order valence-electron chi connectivity index (χ0n) is 19.4. The predicted octanol–water partition coefficient (Wildman–Crippen LogP) is 5.10. The van der Waals surface area contributed by atoms with E-state index in [1.807, 2.05) is 66.7 Å². The number of hydrogen-bond donors (Lipinski definition) is 2. The maximum atomic E-state index is 13.3. The molecule has 34 heavy (non-hydrogen) atoms. The van der Waals surface area contributed by atoms with Crippen LogP contribution in [0.2, 0.25) is 0 Å². The minimum Gasteiger partial charge on any atom is -0.489 e. The highest BCUT2D eigenvalue weighted by molar-refractivity contribution is 6.04. The van der Waals surface area contributed by atoms with Gasteiger partial charge in [-0.2, -0.15) is 0 Å². The van der Waals surface area contributed by atoms with Gasteiger partial charge in [0.25, 0.3) is 5.56 Å². The summed E-state index contributed by atoms with van der Waals surface area (Å²) in [5, 5.41) is 6.37. The second kappa shape index (κ2) is 10.7. The third kappa shape index (κ3) is 5.09. The summed E-state index contributed by atoms with van der Waals surface area (Å²) in [6.07, 6.45) is 3.47. The second-order valence-electron chi connectivity index (χ2n) is 8.03. The molecule has 0 aliphatic heterocycles. The quantitative estimate of drug-likeness (QED) is 0.361. The zero-order valence-corrected chi connectivity index (χ0v) is 19.4. The SMILES string of the molecule is CCCCNC(=O)Nc1c(-c2cccc(OCc3ccccc3)c2)c2cccnc2n(C)c1=O. The van der Waals surface area contributed by atoms with Crippen molar-refractivity contribution in [3.8, 4) is 16.9 Å². The van der Waals surface area contributed by atoms with E-state index in [-0.39, 0.29) is 11.2 Å². The van der Waals surface area contributed by atoms with Crippen LogP contribution in [0.15, 0.2) is 77.7 Å². The lowest BCUT2D eigenvalue weighted by atomic mass is 10.00. The lowest BCUT2D eigenvalue weighted by Gasteiger charge is -2.17. The summed E-state index contributed by atoms with van der Waals surface area (Å²) in [5.41, 5.74) is 2.84. The number of carbonyl (C=O) groups excluding carboxylic acids is 1. The number of unbranched alkanes of at least 4 members (excludes halogenated alkanes) is 1. The van der Waals surface area contributed by atoms with Crippen molar-refractivity contribution >= 4 is 22.8 Å². The van der Waals surface area contributed by atoms with Crippen LogP contribution in [-0.4, -0.2) is 22.1 Å². The Morgan fingerprint density at radius 3 is 2.68 bits per heavy atom. The summed E-state index contributed by atoms with van der Waals surface area (Å²) in [6, 6.07) is 20.7. The smallest absolute Gasteiger partial charge is 0.319 e. The Morgan fingerprint density at radius 2 is 1.88 bits per heavy atom. The van der Waals surface area contributed by atoms with E-state index in [1.54, 1.807) is 13.2 Å². The first kappa shape index (κ1) is 23.0. The number of pyridine rings is 2. The molecule has 0 saturated carbocycles. The van der Waals surface area contributed by atoms with Crippen LogP contribution < -0.4 is 20.9 Å². The number of amides is 2. The molecular formula is C27H28N4O3. The fourth-order valence-corrected chi connectivity index (χ4v) is 3.80. The van der Waals surface area contributed by atoms with E-state index in [0.29, 0.717) is 30.1 Å². The van der Waals surface area contributed by atoms with Crippen LogP contribution in [0.5, 0.6) is 5.75 Å². The number of hydrogen-bond acceptors (Lipinski definition) is 4. The van der Waals surface area contributed by atoms with E-state index in [1.165, 1.54) is 4.57 Å². The minimum atomic E-state index is -0.411. The third-order valence-electron chi connectivity index (χ3n) is 5.57. The molecule has 7 heteroatoms. The van der Waals surface area contributed by atoms with Crippen molar-refractivity contribution < 1.29 is 9.53 Å². The van der Waals surface area contributed by atoms with E-state index < -0.39 is 6.03 Å². The van der Waals surface area contributed by atoms with E-state index in [0.717, 1.165) is 29.4 Å². The van der Waals surface area contributed by atoms with Crippen LogP contribution in [0, 0.1) is 0 Å². The molecule has 174 valence electrons. The Hall–Kier alpha value is -4.13. The van der Waals surface area contributed by atoms with Crippen LogP contribution in [0.1, 0.15) is 25.3 Å². The van der Waals surface area contributed by atoms with Crippen molar-refractivity contribution in [1.29, 1.82) is 0 Å². The minimum absolute atomic E-state index is 0.206. The highest BCUT2D eigenvalue weighted by Gasteiger charge is 2.19. The number of carbonyl (C=O) groups is 1. The first-order valence-electron chi connectivity index (χ1n) is 11.4. The van der Waals surface area contributed by atoms with Gasteiger partial charge >= 0.3 is 6.03 Å². The number of nitrogens with one attached hydrogen (secondary N) is 2. The lowest BCUT2D eigenvalue weighted by molar-refractivity contribution is 0.252. The number of rotatable bonds is 8. The van der Waals surface area contributed by atoms with Gasteiger partial charge in [0.1, 0.15) is 23.7 Å². The largest absolute Gasteiger partial charge is 0.489 e. The molecular weight excluding hydrogens is 428 g/mol. The van der Waals surface area contributed by atoms with Gasteiger partial charge in [0, 0.05) is 30.7 Å². The second-order valence-corrected chi connectivity index (χ2v) is 8.03. The molecule has 2 aromatic carbocycles. The molecule has 0 aliphatic rings. The van der Waals surface area contributed by atoms with Gasteiger partial charge in [-0.25, -0.2) is 9.78 Å². The fraction of sp³-hybridized carbons (Fsp3) is 0.222. The summed E-state index contributed by atoms with van der Waals surface area (Å²) in [6.45, 7) is 3.01. The van der Waals surface area contributed by atoms with Crippen molar-refractivity contribution in [2.75, 3.05) is 11.9 Å². The van der Waals surface area contributed by atoms with Crippen LogP contribution in [0.4, 0.5) is 10.5 Å². The van der Waals surface area contributed by atoms with Gasteiger partial charge in [0.15, 0.2) is 0 Å². The maximum Gasteiger partial charge on any atom is 0.319 e. The maximum absolute atomic E-state index is 13.3. The van der Waals surface area contributed by atoms with Gasteiger partial charge in [0.2, 0.25) is 0 Å². The van der Waals surface area contributed by atoms with Crippen LogP contribution in [-0.2, 0) is 13.7 Å². The average molecular weight is 457 g/mol. The van der Waals surface area contributed by atoms with Gasteiger partial charge < -0.3 is 15.4 Å². The molecule has 2 heterocycles. The molecule has 0 bridgehead atoms. The Kier molecular flexibility index (Phi) is 7.22. The molecule has 0 atom stereocenters. The van der Waals surface area contributed by atoms with Crippen LogP contribution in [0.25, 0.3) is 22.2 Å². The molecule has 2 aromatic heterocycles. The molecule has 4 aromatic rings. The number of ether oxygens (including phenoxy) is 1. The number of fused-ring (bicyclic) bond motifs is 1. The van der Waals surface area contributed by atoms with Crippen molar-refractivity contribution in [2.45, 2.75) is 26.4 Å². The van der Waals surface area contributed by atoms with Crippen molar-refractivity contribution in [2.24, 2.45) is 7.05 Å². The predicted molar refractivity (Wildman–Crippen MR) is 135 cm³/mol. The Bertz CT molecular complexity index is 1350. The Labute approximate surface area is 198 Å². The first-order valence-corrected chi connectivity index (χ1v) is 11.4. The molecule has 0 saturated heterocycles. The summed E-state index contributed by atoms with van der Waals surface area (Å²) in [4.78, 5) is 30.3. The molecule has 0 aliphatic carbocycles. The molecule has 7 nitrogen and oxygen atoms in total. The number of aryl methyl sites for hydroxylation is 1. The van der Waals surface area contributed by atoms with Crippen molar-refractivity contribution in [1.82, 2.24) is 14.9 Å². The van der Waals surface area contributed by atoms with Gasteiger partial charge in [0.05, 0.1) is 0 Å².